The van der Waals surface area contributed by atoms with Crippen molar-refractivity contribution in [2.75, 3.05) is 47.5 Å². The van der Waals surface area contributed by atoms with Crippen molar-refractivity contribution < 1.29 is 42.1 Å². The SMILES string of the molecule is CC/C=C/C=C/C=C/C=C/CCCCCC(=O)OC(COC(=O)C/C=C/C/C=C/C/C=C/CC)COP(=O)(O)OCC[N+](C)(C)C. The number of phosphoric acid groups is 1. The van der Waals surface area contributed by atoms with E-state index in [1.165, 1.54) is 0 Å². The molecule has 0 saturated carbocycles. The van der Waals surface area contributed by atoms with Crippen molar-refractivity contribution in [1.82, 2.24) is 0 Å². The standard InChI is InChI=1S/C36H58NO8P/c1-6-8-10-12-14-16-17-18-19-21-23-25-27-29-36(39)45-34(33-44-46(40,41)43-31-30-37(3,4)5)32-42-35(38)28-26-24-22-20-15-13-11-9-7-2/h8-12,14-20,24,26,34H,6-7,13,21-23,25,27-33H2,1-5H3/p+1/b10-8+,11-9+,14-12+,17-16+,19-18+,20-15+,26-24+. The highest BCUT2D eigenvalue weighted by molar-refractivity contribution is 7.47. The lowest BCUT2D eigenvalue weighted by atomic mass is 10.1. The number of nitrogens with zero attached hydrogens (tertiary/aromatic N) is 1. The Morgan fingerprint density at radius 1 is 0.717 bits per heavy atom. The Morgan fingerprint density at radius 2 is 1.33 bits per heavy atom. The van der Waals surface area contributed by atoms with Crippen LogP contribution >= 0.6 is 7.82 Å². The van der Waals surface area contributed by atoms with Crippen LogP contribution in [-0.4, -0.2) is 74.9 Å². The van der Waals surface area contributed by atoms with Crippen LogP contribution in [0.15, 0.2) is 85.1 Å². The van der Waals surface area contributed by atoms with Crippen LogP contribution in [0.25, 0.3) is 0 Å². The second-order valence-electron chi connectivity index (χ2n) is 11.5. The van der Waals surface area contributed by atoms with Crippen LogP contribution in [0, 0.1) is 0 Å². The Kier molecular flexibility index (Phi) is 26.7. The Bertz CT molecular complexity index is 1070. The van der Waals surface area contributed by atoms with Crippen LogP contribution in [0.1, 0.15) is 78.1 Å². The van der Waals surface area contributed by atoms with Gasteiger partial charge >= 0.3 is 19.8 Å². The van der Waals surface area contributed by atoms with Crippen molar-refractivity contribution in [2.24, 2.45) is 0 Å². The molecule has 260 valence electrons. The van der Waals surface area contributed by atoms with Crippen molar-refractivity contribution in [2.45, 2.75) is 84.2 Å². The first-order valence-corrected chi connectivity index (χ1v) is 17.9. The molecule has 0 radical (unpaired) electrons. The molecule has 2 unspecified atom stereocenters. The highest BCUT2D eigenvalue weighted by atomic mass is 31.2. The van der Waals surface area contributed by atoms with Crippen molar-refractivity contribution in [3.63, 3.8) is 0 Å². The summed E-state index contributed by atoms with van der Waals surface area (Å²) in [7, 11) is 1.39. The number of carbonyl (C=O) groups is 2. The number of hydrogen-bond donors (Lipinski definition) is 1. The topological polar surface area (TPSA) is 108 Å². The van der Waals surface area contributed by atoms with Gasteiger partial charge in [-0.1, -0.05) is 105 Å². The monoisotopic (exact) mass is 664 g/mol. The summed E-state index contributed by atoms with van der Waals surface area (Å²) >= 11 is 0. The van der Waals surface area contributed by atoms with E-state index >= 15 is 0 Å². The van der Waals surface area contributed by atoms with Gasteiger partial charge in [0.15, 0.2) is 6.10 Å². The van der Waals surface area contributed by atoms with Gasteiger partial charge in [0.05, 0.1) is 34.2 Å². The molecule has 0 aromatic rings. The molecule has 0 bridgehead atoms. The Labute approximate surface area is 278 Å². The summed E-state index contributed by atoms with van der Waals surface area (Å²) in [4.78, 5) is 34.9. The van der Waals surface area contributed by atoms with Crippen molar-refractivity contribution in [3.8, 4) is 0 Å². The van der Waals surface area contributed by atoms with Crippen LogP contribution in [-0.2, 0) is 32.7 Å². The molecular weight excluding hydrogens is 605 g/mol. The van der Waals surface area contributed by atoms with Crippen LogP contribution < -0.4 is 0 Å². The lowest BCUT2D eigenvalue weighted by Gasteiger charge is -2.24. The largest absolute Gasteiger partial charge is 0.472 e. The van der Waals surface area contributed by atoms with Crippen LogP contribution in [0.3, 0.4) is 0 Å². The number of hydrogen-bond acceptors (Lipinski definition) is 7. The molecule has 0 saturated heterocycles. The number of phosphoric ester groups is 1. The van der Waals surface area contributed by atoms with Crippen LogP contribution in [0.5, 0.6) is 0 Å². The van der Waals surface area contributed by atoms with E-state index in [0.29, 0.717) is 23.9 Å². The zero-order valence-corrected chi connectivity index (χ0v) is 29.7. The molecule has 0 aliphatic heterocycles. The van der Waals surface area contributed by atoms with E-state index in [2.05, 4.69) is 44.2 Å². The van der Waals surface area contributed by atoms with E-state index < -0.39 is 32.5 Å². The van der Waals surface area contributed by atoms with Gasteiger partial charge in [-0.25, -0.2) is 4.57 Å². The third-order valence-electron chi connectivity index (χ3n) is 6.05. The molecule has 0 amide bonds. The highest BCUT2D eigenvalue weighted by Crippen LogP contribution is 2.43. The van der Waals surface area contributed by atoms with Gasteiger partial charge in [0, 0.05) is 6.42 Å². The predicted molar refractivity (Wildman–Crippen MR) is 187 cm³/mol. The number of likely N-dealkylation sites (N-methyl/N-ethyl adjacent to an activating group) is 1. The maximum Gasteiger partial charge on any atom is 0.472 e. The fourth-order valence-corrected chi connectivity index (χ4v) is 4.23. The lowest BCUT2D eigenvalue weighted by Crippen LogP contribution is -2.37. The van der Waals surface area contributed by atoms with E-state index in [-0.39, 0.29) is 26.1 Å². The van der Waals surface area contributed by atoms with Gasteiger partial charge in [-0.3, -0.25) is 18.6 Å². The third kappa shape index (κ3) is 31.2. The van der Waals surface area contributed by atoms with Crippen molar-refractivity contribution >= 4 is 19.8 Å². The molecule has 0 aromatic carbocycles. The maximum atomic E-state index is 12.5. The molecule has 10 heteroatoms. The number of ether oxygens (including phenoxy) is 2. The molecule has 0 aliphatic carbocycles. The summed E-state index contributed by atoms with van der Waals surface area (Å²) in [6, 6.07) is 0. The van der Waals surface area contributed by atoms with Gasteiger partial charge in [0.1, 0.15) is 19.8 Å². The Balaban J connectivity index is 4.73. The molecular formula is C36H59NO8P+. The number of allylic oxidation sites excluding steroid dienone is 13. The number of esters is 2. The summed E-state index contributed by atoms with van der Waals surface area (Å²) < 4.78 is 33.8. The zero-order chi connectivity index (χ0) is 34.4. The summed E-state index contributed by atoms with van der Waals surface area (Å²) in [6.45, 7) is 3.92. The van der Waals surface area contributed by atoms with Crippen molar-refractivity contribution in [1.29, 1.82) is 0 Å². The van der Waals surface area contributed by atoms with E-state index in [9.17, 15) is 19.0 Å². The first-order valence-electron chi connectivity index (χ1n) is 16.4. The predicted octanol–water partition coefficient (Wildman–Crippen LogP) is 8.12. The first kappa shape index (κ1) is 43.2. The smallest absolute Gasteiger partial charge is 0.461 e. The van der Waals surface area contributed by atoms with Gasteiger partial charge in [0.25, 0.3) is 0 Å². The van der Waals surface area contributed by atoms with E-state index in [1.54, 1.807) is 6.08 Å². The minimum atomic E-state index is -4.39. The Morgan fingerprint density at radius 3 is 1.98 bits per heavy atom. The average Bonchev–Trinajstić information content (AvgIpc) is 2.99. The summed E-state index contributed by atoms with van der Waals surface area (Å²) in [5.41, 5.74) is 0. The fourth-order valence-electron chi connectivity index (χ4n) is 3.49. The molecule has 0 heterocycles. The average molecular weight is 665 g/mol. The van der Waals surface area contributed by atoms with E-state index in [0.717, 1.165) is 38.5 Å². The number of quaternary nitrogens is 1. The second-order valence-corrected chi connectivity index (χ2v) is 13.0. The van der Waals surface area contributed by atoms with Gasteiger partial charge < -0.3 is 18.9 Å². The third-order valence-corrected chi connectivity index (χ3v) is 7.03. The first-order chi connectivity index (χ1) is 22.0. The molecule has 0 fully saturated rings. The molecule has 9 nitrogen and oxygen atoms in total. The maximum absolute atomic E-state index is 12.5. The normalized spacial score (nSPS) is 15.0. The lowest BCUT2D eigenvalue weighted by molar-refractivity contribution is -0.870. The minimum Gasteiger partial charge on any atom is -0.461 e. The van der Waals surface area contributed by atoms with Gasteiger partial charge in [-0.05, 0) is 44.9 Å². The highest BCUT2D eigenvalue weighted by Gasteiger charge is 2.26. The molecule has 0 aliphatic rings. The fraction of sp³-hybridized carbons (Fsp3) is 0.556. The summed E-state index contributed by atoms with van der Waals surface area (Å²) in [6.07, 6.45) is 34.0. The Hall–Kier alpha value is -2.81. The van der Waals surface area contributed by atoms with Gasteiger partial charge in [0.2, 0.25) is 0 Å². The van der Waals surface area contributed by atoms with Gasteiger partial charge in [-0.2, -0.15) is 0 Å². The van der Waals surface area contributed by atoms with Gasteiger partial charge in [-0.15, -0.1) is 0 Å². The zero-order valence-electron chi connectivity index (χ0n) is 28.8. The molecule has 0 aromatic heterocycles. The minimum absolute atomic E-state index is 0.00680. The number of unbranched alkanes of at least 4 members (excludes halogenated alkanes) is 3. The number of carbonyl (C=O) groups excluding carboxylic acids is 2. The quantitative estimate of drug-likeness (QED) is 0.0234. The molecule has 2 atom stereocenters. The van der Waals surface area contributed by atoms with E-state index in [4.69, 9.17) is 18.5 Å². The molecule has 46 heavy (non-hydrogen) atoms. The molecule has 1 N–H and O–H groups in total. The summed E-state index contributed by atoms with van der Waals surface area (Å²) in [5.74, 6) is -1.00. The van der Waals surface area contributed by atoms with Crippen LogP contribution in [0.4, 0.5) is 0 Å². The van der Waals surface area contributed by atoms with Crippen molar-refractivity contribution in [3.05, 3.63) is 85.1 Å². The van der Waals surface area contributed by atoms with Crippen LogP contribution in [0.2, 0.25) is 0 Å². The number of rotatable bonds is 27. The second kappa shape index (κ2) is 28.4. The van der Waals surface area contributed by atoms with E-state index in [1.807, 2.05) is 69.8 Å². The molecule has 0 rings (SSSR count). The molecule has 0 spiro atoms. The summed E-state index contributed by atoms with van der Waals surface area (Å²) in [5, 5.41) is 0.